The van der Waals surface area contributed by atoms with Gasteiger partial charge in [-0.05, 0) is 52.4 Å². The summed E-state index contributed by atoms with van der Waals surface area (Å²) in [4.78, 5) is 13.0. The number of nitrogens with one attached hydrogen (secondary N) is 1. The molecule has 0 radical (unpaired) electrons. The second kappa shape index (κ2) is 6.18. The molecule has 0 bridgehead atoms. The third-order valence-corrected chi connectivity index (χ3v) is 2.96. The average Bonchev–Trinajstić information content (AvgIpc) is 2.69. The molecule has 0 aromatic rings. The monoisotopic (exact) mass is 230 g/mol. The molecule has 0 amide bonds. The van der Waals surface area contributed by atoms with E-state index in [0.717, 1.165) is 19.5 Å². The van der Waals surface area contributed by atoms with Crippen LogP contribution in [-0.4, -0.2) is 59.4 Å². The van der Waals surface area contributed by atoms with Crippen LogP contribution in [0.15, 0.2) is 0 Å². The molecule has 16 heavy (non-hydrogen) atoms. The van der Waals surface area contributed by atoms with Gasteiger partial charge in [-0.2, -0.15) is 0 Å². The molecule has 5 heteroatoms. The molecule has 1 aliphatic heterocycles. The van der Waals surface area contributed by atoms with E-state index in [1.165, 1.54) is 32.9 Å². The molecule has 0 aliphatic carbocycles. The Labute approximate surface area is 96.4 Å². The maximum Gasteiger partial charge on any atom is 0.336 e. The van der Waals surface area contributed by atoms with Gasteiger partial charge in [-0.1, -0.05) is 0 Å². The van der Waals surface area contributed by atoms with E-state index >= 15 is 0 Å². The number of carboxylic acid groups (broad SMARTS) is 1. The van der Waals surface area contributed by atoms with Crippen LogP contribution < -0.4 is 5.32 Å². The minimum atomic E-state index is -1.66. The number of carbonyl (C=O) groups is 1. The highest BCUT2D eigenvalue weighted by Gasteiger charge is 2.28. The van der Waals surface area contributed by atoms with E-state index in [1.807, 2.05) is 0 Å². The lowest BCUT2D eigenvalue weighted by Crippen LogP contribution is -2.45. The highest BCUT2D eigenvalue weighted by Crippen LogP contribution is 2.07. The maximum absolute atomic E-state index is 10.6. The Bertz CT molecular complexity index is 225. The van der Waals surface area contributed by atoms with Gasteiger partial charge >= 0.3 is 5.97 Å². The summed E-state index contributed by atoms with van der Waals surface area (Å²) < 4.78 is 0. The maximum atomic E-state index is 10.6. The second-order valence-electron chi connectivity index (χ2n) is 4.66. The molecule has 5 nitrogen and oxygen atoms in total. The largest absolute Gasteiger partial charge is 0.479 e. The Morgan fingerprint density at radius 2 is 2.06 bits per heavy atom. The predicted octanol–water partition coefficient (Wildman–Crippen LogP) is -0.102. The van der Waals surface area contributed by atoms with Crippen molar-refractivity contribution in [3.05, 3.63) is 0 Å². The number of hydrogen-bond acceptors (Lipinski definition) is 4. The highest BCUT2D eigenvalue weighted by molar-refractivity contribution is 5.76. The lowest BCUT2D eigenvalue weighted by atomic mass is 10.1. The van der Waals surface area contributed by atoms with Crippen molar-refractivity contribution in [2.24, 2.45) is 0 Å². The number of hydrogen-bond donors (Lipinski definition) is 3. The molecule has 1 heterocycles. The highest BCUT2D eigenvalue weighted by atomic mass is 16.4. The van der Waals surface area contributed by atoms with Gasteiger partial charge in [0.25, 0.3) is 0 Å². The zero-order valence-corrected chi connectivity index (χ0v) is 9.91. The zero-order valence-electron chi connectivity index (χ0n) is 9.91. The van der Waals surface area contributed by atoms with Gasteiger partial charge < -0.3 is 20.4 Å². The third kappa shape index (κ3) is 4.47. The Kier molecular flexibility index (Phi) is 5.18. The van der Waals surface area contributed by atoms with Crippen molar-refractivity contribution in [2.75, 3.05) is 32.7 Å². The summed E-state index contributed by atoms with van der Waals surface area (Å²) >= 11 is 0. The fourth-order valence-corrected chi connectivity index (χ4v) is 1.84. The first-order valence-corrected chi connectivity index (χ1v) is 5.91. The molecular formula is C11H22N2O3. The van der Waals surface area contributed by atoms with E-state index in [2.05, 4.69) is 10.2 Å². The van der Waals surface area contributed by atoms with E-state index in [-0.39, 0.29) is 6.54 Å². The molecule has 1 rings (SSSR count). The zero-order chi connectivity index (χ0) is 12.0. The number of aliphatic hydroxyl groups is 1. The SMILES string of the molecule is CC(O)(CNCCCN1CCCC1)C(=O)O. The molecule has 1 atom stereocenters. The third-order valence-electron chi connectivity index (χ3n) is 2.96. The number of nitrogens with zero attached hydrogens (tertiary/aromatic N) is 1. The standard InChI is InChI=1S/C11H22N2O3/c1-11(16,10(14)15)9-12-5-4-8-13-6-2-3-7-13/h12,16H,2-9H2,1H3,(H,14,15). The van der Waals surface area contributed by atoms with Gasteiger partial charge in [0.2, 0.25) is 0 Å². The Morgan fingerprint density at radius 1 is 1.44 bits per heavy atom. The normalized spacial score (nSPS) is 20.9. The van der Waals surface area contributed by atoms with Gasteiger partial charge in [0.05, 0.1) is 0 Å². The Balaban J connectivity index is 2.01. The molecule has 94 valence electrons. The summed E-state index contributed by atoms with van der Waals surface area (Å²) in [7, 11) is 0. The molecule has 0 spiro atoms. The molecule has 0 aromatic carbocycles. The van der Waals surface area contributed by atoms with Gasteiger partial charge in [-0.25, -0.2) is 4.79 Å². The van der Waals surface area contributed by atoms with Crippen LogP contribution in [0.3, 0.4) is 0 Å². The Hall–Kier alpha value is -0.650. The minimum absolute atomic E-state index is 0.0995. The molecule has 1 saturated heterocycles. The van der Waals surface area contributed by atoms with Crippen molar-refractivity contribution >= 4 is 5.97 Å². The van der Waals surface area contributed by atoms with E-state index in [9.17, 15) is 9.90 Å². The van der Waals surface area contributed by atoms with Crippen LogP contribution in [0.2, 0.25) is 0 Å². The molecule has 1 aliphatic rings. The smallest absolute Gasteiger partial charge is 0.336 e. The average molecular weight is 230 g/mol. The topological polar surface area (TPSA) is 72.8 Å². The van der Waals surface area contributed by atoms with Crippen LogP contribution >= 0.6 is 0 Å². The summed E-state index contributed by atoms with van der Waals surface area (Å²) in [6.07, 6.45) is 3.58. The lowest BCUT2D eigenvalue weighted by Gasteiger charge is -2.19. The first-order valence-electron chi connectivity index (χ1n) is 5.91. The molecule has 0 aromatic heterocycles. The lowest BCUT2D eigenvalue weighted by molar-refractivity contribution is -0.156. The van der Waals surface area contributed by atoms with E-state index < -0.39 is 11.6 Å². The fourth-order valence-electron chi connectivity index (χ4n) is 1.84. The van der Waals surface area contributed by atoms with Crippen molar-refractivity contribution in [2.45, 2.75) is 31.8 Å². The summed E-state index contributed by atoms with van der Waals surface area (Å²) in [6.45, 7) is 5.59. The molecular weight excluding hydrogens is 208 g/mol. The van der Waals surface area contributed by atoms with Crippen molar-refractivity contribution in [3.63, 3.8) is 0 Å². The molecule has 0 saturated carbocycles. The van der Waals surface area contributed by atoms with Crippen molar-refractivity contribution < 1.29 is 15.0 Å². The van der Waals surface area contributed by atoms with Gasteiger partial charge in [0, 0.05) is 6.54 Å². The van der Waals surface area contributed by atoms with Crippen molar-refractivity contribution in [1.29, 1.82) is 0 Å². The van der Waals surface area contributed by atoms with Crippen LogP contribution in [0.4, 0.5) is 0 Å². The van der Waals surface area contributed by atoms with Crippen LogP contribution in [0.5, 0.6) is 0 Å². The molecule has 1 fully saturated rings. The number of rotatable bonds is 7. The summed E-state index contributed by atoms with van der Waals surface area (Å²) in [5, 5.41) is 21.1. The van der Waals surface area contributed by atoms with E-state index in [4.69, 9.17) is 5.11 Å². The number of aliphatic carboxylic acids is 1. The first kappa shape index (κ1) is 13.4. The van der Waals surface area contributed by atoms with E-state index in [1.54, 1.807) is 0 Å². The van der Waals surface area contributed by atoms with E-state index in [0.29, 0.717) is 0 Å². The minimum Gasteiger partial charge on any atom is -0.479 e. The number of likely N-dealkylation sites (tertiary alicyclic amines) is 1. The van der Waals surface area contributed by atoms with Gasteiger partial charge in [-0.3, -0.25) is 0 Å². The van der Waals surface area contributed by atoms with Crippen LogP contribution in [0.25, 0.3) is 0 Å². The van der Waals surface area contributed by atoms with Gasteiger partial charge in [0.1, 0.15) is 0 Å². The summed E-state index contributed by atoms with van der Waals surface area (Å²) in [5.74, 6) is -1.18. The first-order chi connectivity index (χ1) is 7.52. The second-order valence-corrected chi connectivity index (χ2v) is 4.66. The van der Waals surface area contributed by atoms with Crippen LogP contribution in [0, 0.1) is 0 Å². The summed E-state index contributed by atoms with van der Waals surface area (Å²) in [6, 6.07) is 0. The van der Waals surface area contributed by atoms with Crippen LogP contribution in [-0.2, 0) is 4.79 Å². The molecule has 1 unspecified atom stereocenters. The van der Waals surface area contributed by atoms with Crippen LogP contribution in [0.1, 0.15) is 26.2 Å². The fraction of sp³-hybridized carbons (Fsp3) is 0.909. The predicted molar refractivity (Wildman–Crippen MR) is 61.4 cm³/mol. The summed E-state index contributed by atoms with van der Waals surface area (Å²) in [5.41, 5.74) is -1.66. The quantitative estimate of drug-likeness (QED) is 0.533. The van der Waals surface area contributed by atoms with Gasteiger partial charge in [-0.15, -0.1) is 0 Å². The Morgan fingerprint density at radius 3 is 2.62 bits per heavy atom. The van der Waals surface area contributed by atoms with Crippen molar-refractivity contribution in [3.8, 4) is 0 Å². The number of carboxylic acids is 1. The van der Waals surface area contributed by atoms with Gasteiger partial charge in [0.15, 0.2) is 5.60 Å². The molecule has 3 N–H and O–H groups in total. The van der Waals surface area contributed by atoms with Crippen molar-refractivity contribution in [1.82, 2.24) is 10.2 Å².